The summed E-state index contributed by atoms with van der Waals surface area (Å²) >= 11 is 2.06. The molecule has 1 unspecified atom stereocenters. The summed E-state index contributed by atoms with van der Waals surface area (Å²) in [5.74, 6) is 0. The second-order valence-electron chi connectivity index (χ2n) is 5.67. The highest BCUT2D eigenvalue weighted by atomic mass is 32.1. The SMILES string of the molecule is CC(NC1CCCC1)c1cc2c(s1)CCCC2. The van der Waals surface area contributed by atoms with Gasteiger partial charge in [0.25, 0.3) is 0 Å². The van der Waals surface area contributed by atoms with E-state index in [4.69, 9.17) is 0 Å². The second kappa shape index (κ2) is 5.11. The van der Waals surface area contributed by atoms with Gasteiger partial charge in [-0.2, -0.15) is 0 Å². The highest BCUT2D eigenvalue weighted by Gasteiger charge is 2.20. The quantitative estimate of drug-likeness (QED) is 0.845. The third-order valence-corrected chi connectivity index (χ3v) is 5.70. The molecule has 17 heavy (non-hydrogen) atoms. The Balaban J connectivity index is 1.67. The lowest BCUT2D eigenvalue weighted by Crippen LogP contribution is -2.28. The van der Waals surface area contributed by atoms with Crippen LogP contribution in [-0.4, -0.2) is 6.04 Å². The van der Waals surface area contributed by atoms with Crippen LogP contribution in [0.2, 0.25) is 0 Å². The van der Waals surface area contributed by atoms with E-state index in [-0.39, 0.29) is 0 Å². The Labute approximate surface area is 109 Å². The van der Waals surface area contributed by atoms with Gasteiger partial charge in [-0.05, 0) is 57.1 Å². The minimum atomic E-state index is 0.564. The molecule has 0 bridgehead atoms. The highest BCUT2D eigenvalue weighted by molar-refractivity contribution is 7.12. The van der Waals surface area contributed by atoms with E-state index >= 15 is 0 Å². The van der Waals surface area contributed by atoms with E-state index in [1.807, 2.05) is 0 Å². The van der Waals surface area contributed by atoms with Gasteiger partial charge in [0.2, 0.25) is 0 Å². The molecule has 1 N–H and O–H groups in total. The van der Waals surface area contributed by atoms with Crippen LogP contribution >= 0.6 is 11.3 Å². The first-order valence-electron chi connectivity index (χ1n) is 7.20. The van der Waals surface area contributed by atoms with Crippen LogP contribution in [0.3, 0.4) is 0 Å². The summed E-state index contributed by atoms with van der Waals surface area (Å²) in [6.45, 7) is 2.34. The van der Waals surface area contributed by atoms with Crippen LogP contribution in [0.1, 0.15) is 66.8 Å². The smallest absolute Gasteiger partial charge is 0.0388 e. The molecule has 3 rings (SSSR count). The minimum Gasteiger partial charge on any atom is -0.307 e. The summed E-state index contributed by atoms with van der Waals surface area (Å²) in [6.07, 6.45) is 11.1. The van der Waals surface area contributed by atoms with Crippen LogP contribution < -0.4 is 5.32 Å². The molecule has 94 valence electrons. The molecule has 1 saturated carbocycles. The maximum absolute atomic E-state index is 3.81. The summed E-state index contributed by atoms with van der Waals surface area (Å²) in [5, 5.41) is 3.81. The maximum Gasteiger partial charge on any atom is 0.0388 e. The summed E-state index contributed by atoms with van der Waals surface area (Å²) in [4.78, 5) is 3.25. The van der Waals surface area contributed by atoms with E-state index in [0.717, 1.165) is 6.04 Å². The van der Waals surface area contributed by atoms with Crippen LogP contribution in [0.4, 0.5) is 0 Å². The molecule has 1 aromatic heterocycles. The fraction of sp³-hybridized carbons (Fsp3) is 0.733. The molecule has 2 aliphatic rings. The minimum absolute atomic E-state index is 0.564. The Kier molecular flexibility index (Phi) is 3.53. The van der Waals surface area contributed by atoms with Gasteiger partial charge in [0.05, 0.1) is 0 Å². The summed E-state index contributed by atoms with van der Waals surface area (Å²) in [6, 6.07) is 3.82. The van der Waals surface area contributed by atoms with E-state index in [2.05, 4.69) is 29.6 Å². The molecule has 0 aliphatic heterocycles. The summed E-state index contributed by atoms with van der Waals surface area (Å²) in [5.41, 5.74) is 1.65. The Morgan fingerprint density at radius 1 is 1.18 bits per heavy atom. The van der Waals surface area contributed by atoms with Gasteiger partial charge in [-0.3, -0.25) is 0 Å². The largest absolute Gasteiger partial charge is 0.307 e. The van der Waals surface area contributed by atoms with Crippen molar-refractivity contribution in [3.8, 4) is 0 Å². The van der Waals surface area contributed by atoms with Gasteiger partial charge in [-0.1, -0.05) is 12.8 Å². The first-order chi connectivity index (χ1) is 8.33. The van der Waals surface area contributed by atoms with E-state index in [1.54, 1.807) is 15.3 Å². The first-order valence-corrected chi connectivity index (χ1v) is 8.02. The van der Waals surface area contributed by atoms with Gasteiger partial charge in [0, 0.05) is 21.8 Å². The van der Waals surface area contributed by atoms with Gasteiger partial charge < -0.3 is 5.32 Å². The topological polar surface area (TPSA) is 12.0 Å². The number of thiophene rings is 1. The summed E-state index contributed by atoms with van der Waals surface area (Å²) in [7, 11) is 0. The molecular weight excluding hydrogens is 226 g/mol. The van der Waals surface area contributed by atoms with Crippen molar-refractivity contribution in [1.29, 1.82) is 0 Å². The van der Waals surface area contributed by atoms with Crippen LogP contribution in [0.15, 0.2) is 6.07 Å². The standard InChI is InChI=1S/C15H23NS/c1-11(16-13-7-3-4-8-13)15-10-12-6-2-5-9-14(12)17-15/h10-11,13,16H,2-9H2,1H3. The van der Waals surface area contributed by atoms with Gasteiger partial charge in [0.15, 0.2) is 0 Å². The van der Waals surface area contributed by atoms with Crippen LogP contribution in [0.5, 0.6) is 0 Å². The molecule has 1 nitrogen and oxygen atoms in total. The molecule has 1 fully saturated rings. The third kappa shape index (κ3) is 2.58. The van der Waals surface area contributed by atoms with Crippen LogP contribution in [0, 0.1) is 0 Å². The number of hydrogen-bond acceptors (Lipinski definition) is 2. The number of rotatable bonds is 3. The number of nitrogens with one attached hydrogen (secondary N) is 1. The molecule has 0 aromatic carbocycles. The molecule has 1 aromatic rings. The molecule has 2 aliphatic carbocycles. The van der Waals surface area contributed by atoms with Gasteiger partial charge in [0.1, 0.15) is 0 Å². The Bertz CT molecular complexity index is 353. The highest BCUT2D eigenvalue weighted by Crippen LogP contribution is 2.33. The number of aryl methyl sites for hydroxylation is 2. The van der Waals surface area contributed by atoms with Crippen LogP contribution in [0.25, 0.3) is 0 Å². The zero-order chi connectivity index (χ0) is 11.7. The Morgan fingerprint density at radius 3 is 2.71 bits per heavy atom. The average molecular weight is 249 g/mol. The van der Waals surface area contributed by atoms with Gasteiger partial charge in [-0.15, -0.1) is 11.3 Å². The lowest BCUT2D eigenvalue weighted by Gasteiger charge is -2.17. The molecule has 0 amide bonds. The molecule has 0 spiro atoms. The van der Waals surface area contributed by atoms with E-state index < -0.39 is 0 Å². The van der Waals surface area contributed by atoms with Crippen molar-refractivity contribution in [3.63, 3.8) is 0 Å². The molecular formula is C15H23NS. The zero-order valence-electron chi connectivity index (χ0n) is 10.8. The molecule has 0 saturated heterocycles. The number of fused-ring (bicyclic) bond motifs is 1. The Hall–Kier alpha value is -0.340. The summed E-state index contributed by atoms with van der Waals surface area (Å²) < 4.78 is 0. The van der Waals surface area contributed by atoms with Crippen molar-refractivity contribution in [2.45, 2.75) is 70.4 Å². The van der Waals surface area contributed by atoms with Crippen LogP contribution in [-0.2, 0) is 12.8 Å². The van der Waals surface area contributed by atoms with Crippen molar-refractivity contribution in [1.82, 2.24) is 5.32 Å². The lowest BCUT2D eigenvalue weighted by atomic mass is 9.99. The molecule has 0 radical (unpaired) electrons. The van der Waals surface area contributed by atoms with E-state index in [9.17, 15) is 0 Å². The van der Waals surface area contributed by atoms with E-state index in [1.165, 1.54) is 51.4 Å². The first kappa shape index (κ1) is 11.7. The third-order valence-electron chi connectivity index (χ3n) is 4.28. The maximum atomic E-state index is 3.81. The zero-order valence-corrected chi connectivity index (χ0v) is 11.6. The van der Waals surface area contributed by atoms with Crippen molar-refractivity contribution in [2.75, 3.05) is 0 Å². The number of hydrogen-bond donors (Lipinski definition) is 1. The predicted molar refractivity (Wildman–Crippen MR) is 74.8 cm³/mol. The molecule has 1 atom stereocenters. The Morgan fingerprint density at radius 2 is 1.94 bits per heavy atom. The fourth-order valence-corrected chi connectivity index (χ4v) is 4.52. The van der Waals surface area contributed by atoms with E-state index in [0.29, 0.717) is 6.04 Å². The van der Waals surface area contributed by atoms with Crippen molar-refractivity contribution >= 4 is 11.3 Å². The monoisotopic (exact) mass is 249 g/mol. The van der Waals surface area contributed by atoms with Crippen molar-refractivity contribution in [2.24, 2.45) is 0 Å². The molecule has 1 heterocycles. The lowest BCUT2D eigenvalue weighted by molar-refractivity contribution is 0.465. The van der Waals surface area contributed by atoms with Crippen molar-refractivity contribution in [3.05, 3.63) is 21.4 Å². The fourth-order valence-electron chi connectivity index (χ4n) is 3.26. The normalized spacial score (nSPS) is 22.6. The van der Waals surface area contributed by atoms with Crippen molar-refractivity contribution < 1.29 is 0 Å². The molecule has 2 heteroatoms. The average Bonchev–Trinajstić information content (AvgIpc) is 2.96. The van der Waals surface area contributed by atoms with Gasteiger partial charge in [-0.25, -0.2) is 0 Å². The van der Waals surface area contributed by atoms with Gasteiger partial charge >= 0.3 is 0 Å². The predicted octanol–water partition coefficient (Wildman–Crippen LogP) is 4.22. The second-order valence-corrected chi connectivity index (χ2v) is 6.84.